The molecule has 20 heavy (non-hydrogen) atoms. The van der Waals surface area contributed by atoms with Gasteiger partial charge in [0, 0.05) is 11.1 Å². The highest BCUT2D eigenvalue weighted by atomic mass is 19.1. The van der Waals surface area contributed by atoms with Crippen LogP contribution in [0.2, 0.25) is 0 Å². The number of ether oxygens (including phenoxy) is 1. The number of carbonyl (C=O) groups is 1. The van der Waals surface area contributed by atoms with E-state index in [0.29, 0.717) is 17.6 Å². The Balaban J connectivity index is 2.15. The Bertz CT molecular complexity index is 616. The van der Waals surface area contributed by atoms with E-state index >= 15 is 0 Å². The van der Waals surface area contributed by atoms with E-state index in [-0.39, 0.29) is 23.5 Å². The van der Waals surface area contributed by atoms with Crippen LogP contribution in [0.15, 0.2) is 42.5 Å². The second kappa shape index (κ2) is 6.32. The van der Waals surface area contributed by atoms with E-state index in [2.05, 4.69) is 0 Å². The highest BCUT2D eigenvalue weighted by Gasteiger charge is 2.16. The van der Waals surface area contributed by atoms with Crippen molar-refractivity contribution in [1.82, 2.24) is 0 Å². The number of halogens is 1. The normalized spacial score (nSPS) is 10.2. The van der Waals surface area contributed by atoms with Gasteiger partial charge in [0.1, 0.15) is 24.5 Å². The predicted molar refractivity (Wildman–Crippen MR) is 72.4 cm³/mol. The van der Waals surface area contributed by atoms with E-state index in [1.807, 2.05) is 0 Å². The van der Waals surface area contributed by atoms with Crippen molar-refractivity contribution in [2.24, 2.45) is 0 Å². The minimum Gasteiger partial charge on any atom is -0.489 e. The van der Waals surface area contributed by atoms with Gasteiger partial charge in [0.15, 0.2) is 0 Å². The van der Waals surface area contributed by atoms with Gasteiger partial charge in [-0.15, -0.1) is 0 Å². The van der Waals surface area contributed by atoms with Crippen LogP contribution in [-0.4, -0.2) is 23.5 Å². The van der Waals surface area contributed by atoms with Crippen LogP contribution in [0.25, 0.3) is 0 Å². The molecule has 2 aromatic rings. The Labute approximate surface area is 115 Å². The lowest BCUT2D eigenvalue weighted by Gasteiger charge is -2.09. The Morgan fingerprint density at radius 2 is 1.95 bits per heavy atom. The molecule has 0 atom stereocenters. The lowest BCUT2D eigenvalue weighted by molar-refractivity contribution is 0.112. The second-order valence-corrected chi connectivity index (χ2v) is 4.16. The molecule has 0 aliphatic carbocycles. The van der Waals surface area contributed by atoms with Gasteiger partial charge in [0.2, 0.25) is 0 Å². The first-order valence-corrected chi connectivity index (χ1v) is 5.93. The van der Waals surface area contributed by atoms with Gasteiger partial charge in [0.25, 0.3) is 0 Å². The zero-order valence-corrected chi connectivity index (χ0v) is 10.5. The average Bonchev–Trinajstić information content (AvgIpc) is 2.46. The largest absolute Gasteiger partial charge is 0.489 e. The van der Waals surface area contributed by atoms with Crippen molar-refractivity contribution < 1.29 is 24.0 Å². The van der Waals surface area contributed by atoms with Crippen molar-refractivity contribution >= 4 is 18.9 Å². The first-order valence-electron chi connectivity index (χ1n) is 5.93. The summed E-state index contributed by atoms with van der Waals surface area (Å²) in [5.74, 6) is -0.0229. The van der Waals surface area contributed by atoms with E-state index in [1.165, 1.54) is 24.3 Å². The van der Waals surface area contributed by atoms with Gasteiger partial charge in [-0.3, -0.25) is 4.79 Å². The summed E-state index contributed by atoms with van der Waals surface area (Å²) < 4.78 is 18.8. The minimum atomic E-state index is -1.73. The molecule has 0 saturated carbocycles. The molecule has 0 unspecified atom stereocenters. The zero-order chi connectivity index (χ0) is 14.5. The molecule has 0 saturated heterocycles. The highest BCUT2D eigenvalue weighted by Crippen LogP contribution is 2.15. The summed E-state index contributed by atoms with van der Waals surface area (Å²) in [5, 5.41) is 18.2. The van der Waals surface area contributed by atoms with Crippen molar-refractivity contribution in [2.45, 2.75) is 6.61 Å². The van der Waals surface area contributed by atoms with Gasteiger partial charge in [-0.05, 0) is 23.7 Å². The van der Waals surface area contributed by atoms with Crippen LogP contribution in [0, 0.1) is 5.82 Å². The molecule has 2 aromatic carbocycles. The van der Waals surface area contributed by atoms with Crippen molar-refractivity contribution in [3.8, 4) is 5.75 Å². The van der Waals surface area contributed by atoms with Gasteiger partial charge >= 0.3 is 7.12 Å². The number of benzene rings is 2. The Kier molecular flexibility index (Phi) is 4.50. The molecular weight excluding hydrogens is 262 g/mol. The van der Waals surface area contributed by atoms with E-state index in [1.54, 1.807) is 18.2 Å². The molecule has 0 spiro atoms. The Morgan fingerprint density at radius 3 is 2.60 bits per heavy atom. The molecule has 0 radical (unpaired) electrons. The molecule has 0 bridgehead atoms. The summed E-state index contributed by atoms with van der Waals surface area (Å²) in [6.07, 6.45) is 0.505. The van der Waals surface area contributed by atoms with Crippen LogP contribution in [0.4, 0.5) is 4.39 Å². The predicted octanol–water partition coefficient (Wildman–Crippen LogP) is 0.897. The summed E-state index contributed by atoms with van der Waals surface area (Å²) in [6, 6.07) is 10.5. The van der Waals surface area contributed by atoms with E-state index in [0.717, 1.165) is 0 Å². The van der Waals surface area contributed by atoms with E-state index < -0.39 is 7.12 Å². The van der Waals surface area contributed by atoms with Crippen LogP contribution in [-0.2, 0) is 6.61 Å². The van der Waals surface area contributed by atoms with Crippen molar-refractivity contribution in [3.63, 3.8) is 0 Å². The molecule has 2 rings (SSSR count). The van der Waals surface area contributed by atoms with E-state index in [9.17, 15) is 9.18 Å². The summed E-state index contributed by atoms with van der Waals surface area (Å²) >= 11 is 0. The molecule has 102 valence electrons. The molecule has 0 heterocycles. The monoisotopic (exact) mass is 274 g/mol. The smallest absolute Gasteiger partial charge is 0.489 e. The third-order valence-corrected chi connectivity index (χ3v) is 2.82. The number of hydrogen-bond acceptors (Lipinski definition) is 4. The molecule has 4 nitrogen and oxygen atoms in total. The lowest BCUT2D eigenvalue weighted by Crippen LogP contribution is -2.32. The first-order chi connectivity index (χ1) is 9.61. The minimum absolute atomic E-state index is 0.0198. The maximum Gasteiger partial charge on any atom is 0.489 e. The van der Waals surface area contributed by atoms with Crippen LogP contribution >= 0.6 is 0 Å². The average molecular weight is 274 g/mol. The van der Waals surface area contributed by atoms with Gasteiger partial charge in [-0.25, -0.2) is 4.39 Å². The van der Waals surface area contributed by atoms with Crippen LogP contribution < -0.4 is 10.2 Å². The quantitative estimate of drug-likeness (QED) is 0.628. The van der Waals surface area contributed by atoms with Crippen molar-refractivity contribution in [1.29, 1.82) is 0 Å². The first kappa shape index (κ1) is 14.2. The fourth-order valence-electron chi connectivity index (χ4n) is 1.76. The summed E-state index contributed by atoms with van der Waals surface area (Å²) in [4.78, 5) is 10.9. The maximum absolute atomic E-state index is 13.4. The summed E-state index contributed by atoms with van der Waals surface area (Å²) in [7, 11) is -1.73. The standard InChI is InChI=1S/C14H12BFO4/c16-14-4-2-1-3-10(14)9-20-12-5-6-13(15(18)19)11(7-12)8-17/h1-8,18-19H,9H2. The molecule has 0 aliphatic heterocycles. The molecule has 0 aliphatic rings. The summed E-state index contributed by atoms with van der Waals surface area (Å²) in [6.45, 7) is 0.0198. The Morgan fingerprint density at radius 1 is 1.20 bits per heavy atom. The molecule has 2 N–H and O–H groups in total. The number of hydrogen-bond donors (Lipinski definition) is 2. The highest BCUT2D eigenvalue weighted by molar-refractivity contribution is 6.60. The second-order valence-electron chi connectivity index (χ2n) is 4.16. The van der Waals surface area contributed by atoms with Crippen molar-refractivity contribution in [3.05, 3.63) is 59.4 Å². The fraction of sp³-hybridized carbons (Fsp3) is 0.0714. The number of aldehydes is 1. The Hall–Kier alpha value is -2.18. The van der Waals surface area contributed by atoms with Gasteiger partial charge < -0.3 is 14.8 Å². The molecule has 0 fully saturated rings. The van der Waals surface area contributed by atoms with Gasteiger partial charge in [-0.2, -0.15) is 0 Å². The third-order valence-electron chi connectivity index (χ3n) is 2.82. The van der Waals surface area contributed by atoms with Crippen LogP contribution in [0.1, 0.15) is 15.9 Å². The fourth-order valence-corrected chi connectivity index (χ4v) is 1.76. The molecule has 0 aromatic heterocycles. The lowest BCUT2D eigenvalue weighted by atomic mass is 9.77. The van der Waals surface area contributed by atoms with E-state index in [4.69, 9.17) is 14.8 Å². The van der Waals surface area contributed by atoms with Gasteiger partial charge in [-0.1, -0.05) is 24.3 Å². The summed E-state index contributed by atoms with van der Waals surface area (Å²) in [5.41, 5.74) is 0.607. The van der Waals surface area contributed by atoms with Crippen LogP contribution in [0.5, 0.6) is 5.75 Å². The number of rotatable bonds is 5. The topological polar surface area (TPSA) is 66.8 Å². The molecular formula is C14H12BFO4. The van der Waals surface area contributed by atoms with Gasteiger partial charge in [0.05, 0.1) is 0 Å². The number of carbonyl (C=O) groups excluding carboxylic acids is 1. The van der Waals surface area contributed by atoms with Crippen LogP contribution in [0.3, 0.4) is 0 Å². The maximum atomic E-state index is 13.4. The SMILES string of the molecule is O=Cc1cc(OCc2ccccc2F)ccc1B(O)O. The molecule has 6 heteroatoms. The third kappa shape index (κ3) is 3.23. The molecule has 0 amide bonds. The van der Waals surface area contributed by atoms with Crippen molar-refractivity contribution in [2.75, 3.05) is 0 Å². The zero-order valence-electron chi connectivity index (χ0n) is 10.5.